The number of allylic oxidation sites excluding steroid dienone is 1. The molecule has 0 spiro atoms. The van der Waals surface area contributed by atoms with E-state index in [1.807, 2.05) is 32.0 Å². The van der Waals surface area contributed by atoms with E-state index >= 15 is 0 Å². The number of primary amides is 1. The molecular formula is C33H44F2N4O4. The number of hydroxylamine groups is 1. The largest absolute Gasteiger partial charge is 0.618 e. The number of halogens is 2. The zero-order valence-corrected chi connectivity index (χ0v) is 25.5. The highest BCUT2D eigenvalue weighted by molar-refractivity contribution is 6.37. The Hall–Kier alpha value is -3.63. The average Bonchev–Trinajstić information content (AvgIpc) is 2.96. The fourth-order valence-electron chi connectivity index (χ4n) is 5.93. The van der Waals surface area contributed by atoms with Crippen molar-refractivity contribution in [2.45, 2.75) is 72.4 Å². The standard InChI is InChI=1S/C33H44F2N4O4/c1-5-11-38(12-6-2)31(41)29-19-33(32(36)42,18-22(4)39(29)43)28(16-25-14-26(34)17-27(35)15-25)30(40)21-37-20-24-10-8-9-23(7-3)13-24/h8-10,13-15,17-18,28,30,37,40H,5-7,11-12,16,19-21H2,1-4H3,(H2,36,42)/t28-,30+,33?/m1/s1. The number of nitrogens with zero attached hydrogens (tertiary/aromatic N) is 2. The first kappa shape index (κ1) is 33.9. The van der Waals surface area contributed by atoms with Gasteiger partial charge < -0.3 is 26.3 Å². The Bertz CT molecular complexity index is 1340. The molecule has 234 valence electrons. The highest BCUT2D eigenvalue weighted by Crippen LogP contribution is 2.42. The molecule has 1 aliphatic heterocycles. The van der Waals surface area contributed by atoms with Crippen molar-refractivity contribution in [3.8, 4) is 0 Å². The maximum atomic E-state index is 14.2. The van der Waals surface area contributed by atoms with Gasteiger partial charge in [-0.25, -0.2) is 8.78 Å². The number of carbonyl (C=O) groups is 2. The van der Waals surface area contributed by atoms with E-state index in [0.29, 0.717) is 37.2 Å². The normalized spacial score (nSPS) is 18.3. The maximum absolute atomic E-state index is 14.2. The summed E-state index contributed by atoms with van der Waals surface area (Å²) < 4.78 is 29.0. The van der Waals surface area contributed by atoms with Crippen molar-refractivity contribution >= 4 is 17.5 Å². The van der Waals surface area contributed by atoms with Crippen LogP contribution >= 0.6 is 0 Å². The topological polar surface area (TPSA) is 122 Å². The van der Waals surface area contributed by atoms with Gasteiger partial charge in [0.05, 0.1) is 17.9 Å². The molecule has 0 radical (unpaired) electrons. The van der Waals surface area contributed by atoms with Gasteiger partial charge in [-0.3, -0.25) is 9.59 Å². The number of hydrogen-bond donors (Lipinski definition) is 3. The Morgan fingerprint density at radius 3 is 2.28 bits per heavy atom. The monoisotopic (exact) mass is 598 g/mol. The fraction of sp³-hybridized carbons (Fsp3) is 0.485. The molecule has 1 unspecified atom stereocenters. The summed E-state index contributed by atoms with van der Waals surface area (Å²) in [6.45, 7) is 8.67. The molecule has 10 heteroatoms. The van der Waals surface area contributed by atoms with Gasteiger partial charge in [-0.2, -0.15) is 4.74 Å². The number of aliphatic hydroxyl groups is 1. The van der Waals surface area contributed by atoms with Gasteiger partial charge in [-0.15, -0.1) is 0 Å². The van der Waals surface area contributed by atoms with Gasteiger partial charge >= 0.3 is 5.91 Å². The second-order valence-electron chi connectivity index (χ2n) is 11.4. The molecule has 3 rings (SSSR count). The third kappa shape index (κ3) is 8.26. The van der Waals surface area contributed by atoms with Crippen molar-refractivity contribution in [2.75, 3.05) is 19.6 Å². The lowest BCUT2D eigenvalue weighted by atomic mass is 9.65. The zero-order chi connectivity index (χ0) is 31.7. The summed E-state index contributed by atoms with van der Waals surface area (Å²) in [5.41, 5.74) is 6.65. The minimum absolute atomic E-state index is 0.0168. The lowest BCUT2D eigenvalue weighted by molar-refractivity contribution is -0.406. The molecule has 1 aliphatic rings. The van der Waals surface area contributed by atoms with Crippen molar-refractivity contribution in [3.05, 3.63) is 87.8 Å². The summed E-state index contributed by atoms with van der Waals surface area (Å²) in [4.78, 5) is 28.6. The van der Waals surface area contributed by atoms with Crippen LogP contribution in [0.5, 0.6) is 0 Å². The van der Waals surface area contributed by atoms with Crippen molar-refractivity contribution in [2.24, 2.45) is 17.1 Å². The third-order valence-electron chi connectivity index (χ3n) is 8.06. The number of rotatable bonds is 15. The quantitative estimate of drug-likeness (QED) is 0.209. The molecule has 0 fully saturated rings. The summed E-state index contributed by atoms with van der Waals surface area (Å²) in [6, 6.07) is 11.0. The Morgan fingerprint density at radius 1 is 1.07 bits per heavy atom. The molecule has 2 aromatic carbocycles. The first-order valence-electron chi connectivity index (χ1n) is 15.0. The van der Waals surface area contributed by atoms with E-state index in [1.165, 1.54) is 13.0 Å². The van der Waals surface area contributed by atoms with Crippen LogP contribution in [0.25, 0.3) is 0 Å². The van der Waals surface area contributed by atoms with Gasteiger partial charge in [-0.1, -0.05) is 45.0 Å². The minimum Gasteiger partial charge on any atom is -0.618 e. The molecule has 4 N–H and O–H groups in total. The second-order valence-corrected chi connectivity index (χ2v) is 11.4. The van der Waals surface area contributed by atoms with Crippen LogP contribution in [-0.2, 0) is 29.0 Å². The zero-order valence-electron chi connectivity index (χ0n) is 25.5. The van der Waals surface area contributed by atoms with Crippen LogP contribution in [0.3, 0.4) is 0 Å². The first-order valence-corrected chi connectivity index (χ1v) is 15.0. The molecule has 0 aliphatic carbocycles. The second kappa shape index (κ2) is 15.2. The molecule has 8 nitrogen and oxygen atoms in total. The average molecular weight is 599 g/mol. The van der Waals surface area contributed by atoms with E-state index in [2.05, 4.69) is 18.3 Å². The smallest absolute Gasteiger partial charge is 0.315 e. The van der Waals surface area contributed by atoms with E-state index in [-0.39, 0.29) is 36.4 Å². The summed E-state index contributed by atoms with van der Waals surface area (Å²) in [7, 11) is 0. The van der Waals surface area contributed by atoms with Crippen molar-refractivity contribution in [1.29, 1.82) is 0 Å². The number of amides is 2. The molecule has 0 bridgehead atoms. The molecule has 0 aromatic heterocycles. The van der Waals surface area contributed by atoms with Gasteiger partial charge in [0, 0.05) is 51.2 Å². The molecule has 43 heavy (non-hydrogen) atoms. The Kier molecular flexibility index (Phi) is 12.0. The van der Waals surface area contributed by atoms with Gasteiger partial charge in [0.1, 0.15) is 11.6 Å². The first-order chi connectivity index (χ1) is 20.4. The molecule has 2 aromatic rings. The van der Waals surface area contributed by atoms with Crippen LogP contribution in [0.2, 0.25) is 0 Å². The summed E-state index contributed by atoms with van der Waals surface area (Å²) in [5.74, 6) is -3.99. The van der Waals surface area contributed by atoms with Crippen LogP contribution in [0.15, 0.2) is 54.2 Å². The van der Waals surface area contributed by atoms with E-state index in [9.17, 15) is 28.7 Å². The van der Waals surface area contributed by atoms with Crippen molar-refractivity contribution in [3.63, 3.8) is 0 Å². The highest BCUT2D eigenvalue weighted by atomic mass is 19.1. The summed E-state index contributed by atoms with van der Waals surface area (Å²) in [5, 5.41) is 28.1. The van der Waals surface area contributed by atoms with Gasteiger partial charge in [0.15, 0.2) is 5.70 Å². The number of nitrogens with one attached hydrogen (secondary N) is 1. The SMILES string of the molecule is CCCN(CCC)C(=O)C1=[N+]([O-])C(C)=CC(C(N)=O)([C@H](Cc2cc(F)cc(F)c2)[C@@H](O)CNCc2cccc(CC)c2)C1. The lowest BCUT2D eigenvalue weighted by Gasteiger charge is -2.40. The van der Waals surface area contributed by atoms with E-state index in [1.54, 1.807) is 4.90 Å². The number of aryl methyl sites for hydroxylation is 1. The molecule has 1 heterocycles. The van der Waals surface area contributed by atoms with Crippen LogP contribution in [-0.4, -0.2) is 58.0 Å². The maximum Gasteiger partial charge on any atom is 0.315 e. The molecular weight excluding hydrogens is 554 g/mol. The van der Waals surface area contributed by atoms with Crippen molar-refractivity contribution in [1.82, 2.24) is 10.2 Å². The van der Waals surface area contributed by atoms with E-state index < -0.39 is 40.9 Å². The van der Waals surface area contributed by atoms with Gasteiger partial charge in [-0.05, 0) is 54.5 Å². The fourth-order valence-corrected chi connectivity index (χ4v) is 5.93. The Balaban J connectivity index is 2.02. The number of aliphatic hydroxyl groups excluding tert-OH is 1. The predicted octanol–water partition coefficient (Wildman–Crippen LogP) is 4.22. The molecule has 3 atom stereocenters. The Morgan fingerprint density at radius 2 is 1.70 bits per heavy atom. The number of carbonyl (C=O) groups excluding carboxylic acids is 2. The molecule has 0 saturated carbocycles. The molecule has 0 saturated heterocycles. The number of hydrogen-bond acceptors (Lipinski definition) is 5. The van der Waals surface area contributed by atoms with Crippen LogP contribution in [0, 0.1) is 28.2 Å². The summed E-state index contributed by atoms with van der Waals surface area (Å²) in [6.07, 6.45) is 1.89. The summed E-state index contributed by atoms with van der Waals surface area (Å²) >= 11 is 0. The minimum atomic E-state index is -1.69. The van der Waals surface area contributed by atoms with E-state index in [0.717, 1.165) is 35.7 Å². The number of benzene rings is 2. The number of nitrogens with two attached hydrogens (primary N) is 1. The van der Waals surface area contributed by atoms with E-state index in [4.69, 9.17) is 5.73 Å². The third-order valence-corrected chi connectivity index (χ3v) is 8.06. The van der Waals surface area contributed by atoms with Crippen molar-refractivity contribution < 1.29 is 28.2 Å². The van der Waals surface area contributed by atoms with Crippen LogP contribution in [0.1, 0.15) is 63.6 Å². The van der Waals surface area contributed by atoms with Gasteiger partial charge in [0.25, 0.3) is 5.71 Å². The lowest BCUT2D eigenvalue weighted by Crippen LogP contribution is -2.55. The molecule has 2 amide bonds. The predicted molar refractivity (Wildman–Crippen MR) is 163 cm³/mol. The highest BCUT2D eigenvalue weighted by Gasteiger charge is 2.52. The van der Waals surface area contributed by atoms with Crippen LogP contribution in [0.4, 0.5) is 8.78 Å². The Labute approximate surface area is 252 Å². The van der Waals surface area contributed by atoms with Gasteiger partial charge in [0.2, 0.25) is 5.91 Å². The van der Waals surface area contributed by atoms with Crippen LogP contribution < -0.4 is 11.1 Å².